The molecule has 0 aliphatic heterocycles. The third-order valence-corrected chi connectivity index (χ3v) is 5.66. The van der Waals surface area contributed by atoms with Gasteiger partial charge in [-0.15, -0.1) is 0 Å². The Kier molecular flexibility index (Phi) is 10.5. The zero-order valence-corrected chi connectivity index (χ0v) is 18.2. The molecule has 1 aromatic carbocycles. The molecule has 160 valence electrons. The summed E-state index contributed by atoms with van der Waals surface area (Å²) in [6.07, 6.45) is 17.9. The molecule has 0 aliphatic rings. The van der Waals surface area contributed by atoms with Gasteiger partial charge in [-0.25, -0.2) is 4.79 Å². The first kappa shape index (κ1) is 23.2. The van der Waals surface area contributed by atoms with E-state index in [4.69, 9.17) is 4.74 Å². The summed E-state index contributed by atoms with van der Waals surface area (Å²) >= 11 is 0. The highest BCUT2D eigenvalue weighted by Crippen LogP contribution is 2.22. The van der Waals surface area contributed by atoms with Gasteiger partial charge in [0.25, 0.3) is 0 Å². The minimum absolute atomic E-state index is 0.175. The summed E-state index contributed by atoms with van der Waals surface area (Å²) in [6, 6.07) is 5.28. The second-order valence-corrected chi connectivity index (χ2v) is 8.02. The van der Waals surface area contributed by atoms with Crippen LogP contribution in [0.5, 0.6) is 0 Å². The number of esters is 1. The molecule has 4 nitrogen and oxygen atoms in total. The van der Waals surface area contributed by atoms with Gasteiger partial charge in [0.15, 0.2) is 5.78 Å². The number of benzene rings is 1. The molecule has 0 saturated heterocycles. The summed E-state index contributed by atoms with van der Waals surface area (Å²) < 4.78 is 4.75. The van der Waals surface area contributed by atoms with E-state index in [2.05, 4.69) is 11.9 Å². The van der Waals surface area contributed by atoms with Crippen molar-refractivity contribution in [2.45, 2.75) is 90.4 Å². The molecule has 0 radical (unpaired) electrons. The summed E-state index contributed by atoms with van der Waals surface area (Å²) in [6.45, 7) is 2.26. The number of Topliss-reactive ketones (excluding diaryl/α,β-unsaturated/α-hetero) is 1. The van der Waals surface area contributed by atoms with E-state index in [0.717, 1.165) is 29.3 Å². The number of unbranched alkanes of at least 4 members (excludes halogenated alkanes) is 11. The van der Waals surface area contributed by atoms with Crippen LogP contribution in [0.1, 0.15) is 111 Å². The van der Waals surface area contributed by atoms with Crippen molar-refractivity contribution in [2.75, 3.05) is 7.11 Å². The third kappa shape index (κ3) is 7.68. The Hall–Kier alpha value is -2.10. The summed E-state index contributed by atoms with van der Waals surface area (Å²) in [5.41, 5.74) is 2.01. The fraction of sp³-hybridized carbons (Fsp3) is 0.600. The van der Waals surface area contributed by atoms with Gasteiger partial charge in [-0.05, 0) is 18.6 Å². The monoisotopic (exact) mass is 399 g/mol. The minimum Gasteiger partial charge on any atom is -0.465 e. The highest BCUT2D eigenvalue weighted by atomic mass is 16.5. The van der Waals surface area contributed by atoms with Gasteiger partial charge in [0.05, 0.1) is 12.7 Å². The Bertz CT molecular complexity index is 763. The number of ketones is 1. The van der Waals surface area contributed by atoms with Crippen LogP contribution in [-0.4, -0.2) is 23.8 Å². The quantitative estimate of drug-likeness (QED) is 0.195. The fourth-order valence-electron chi connectivity index (χ4n) is 3.86. The van der Waals surface area contributed by atoms with Crippen LogP contribution in [0.4, 0.5) is 0 Å². The largest absolute Gasteiger partial charge is 0.465 e. The van der Waals surface area contributed by atoms with Crippen molar-refractivity contribution in [2.24, 2.45) is 0 Å². The maximum Gasteiger partial charge on any atom is 0.337 e. The first-order valence-electron chi connectivity index (χ1n) is 11.4. The van der Waals surface area contributed by atoms with E-state index in [-0.39, 0.29) is 11.8 Å². The second-order valence-electron chi connectivity index (χ2n) is 8.02. The first-order valence-corrected chi connectivity index (χ1v) is 11.4. The number of H-pyrrole nitrogens is 1. The van der Waals surface area contributed by atoms with Gasteiger partial charge in [-0.1, -0.05) is 83.6 Å². The van der Waals surface area contributed by atoms with Crippen molar-refractivity contribution >= 4 is 22.7 Å². The molecule has 0 saturated carbocycles. The van der Waals surface area contributed by atoms with Crippen LogP contribution < -0.4 is 0 Å². The normalized spacial score (nSPS) is 11.1. The molecule has 4 heteroatoms. The number of hydrogen-bond donors (Lipinski definition) is 1. The average molecular weight is 400 g/mol. The molecule has 0 amide bonds. The smallest absolute Gasteiger partial charge is 0.337 e. The van der Waals surface area contributed by atoms with Crippen LogP contribution >= 0.6 is 0 Å². The molecule has 1 N–H and O–H groups in total. The van der Waals surface area contributed by atoms with Gasteiger partial charge < -0.3 is 9.72 Å². The number of rotatable bonds is 15. The van der Waals surface area contributed by atoms with Crippen molar-refractivity contribution in [1.29, 1.82) is 0 Å². The Morgan fingerprint density at radius 3 is 2.03 bits per heavy atom. The molecule has 1 aromatic heterocycles. The van der Waals surface area contributed by atoms with Gasteiger partial charge in [0, 0.05) is 29.1 Å². The molecule has 2 rings (SSSR count). The van der Waals surface area contributed by atoms with Crippen LogP contribution in [-0.2, 0) is 4.74 Å². The van der Waals surface area contributed by atoms with Crippen LogP contribution in [0, 0.1) is 0 Å². The number of hydrogen-bond acceptors (Lipinski definition) is 3. The Balaban J connectivity index is 1.62. The Labute approximate surface area is 175 Å². The van der Waals surface area contributed by atoms with Crippen molar-refractivity contribution in [3.8, 4) is 0 Å². The summed E-state index contributed by atoms with van der Waals surface area (Å²) in [4.78, 5) is 27.3. The predicted octanol–water partition coefficient (Wildman–Crippen LogP) is 7.23. The van der Waals surface area contributed by atoms with Gasteiger partial charge in [0.2, 0.25) is 0 Å². The number of carbonyl (C=O) groups is 2. The van der Waals surface area contributed by atoms with Crippen LogP contribution in [0.3, 0.4) is 0 Å². The van der Waals surface area contributed by atoms with Crippen molar-refractivity contribution < 1.29 is 14.3 Å². The topological polar surface area (TPSA) is 59.2 Å². The molecule has 0 aliphatic carbocycles. The van der Waals surface area contributed by atoms with Gasteiger partial charge in [-0.3, -0.25) is 4.79 Å². The van der Waals surface area contributed by atoms with E-state index < -0.39 is 0 Å². The van der Waals surface area contributed by atoms with Crippen molar-refractivity contribution in [3.63, 3.8) is 0 Å². The number of ether oxygens (including phenoxy) is 1. The van der Waals surface area contributed by atoms with Gasteiger partial charge >= 0.3 is 5.97 Å². The SMILES string of the molecule is CCCCCCCCCCCCCCC(=O)c1c[nH]c2cc(C(=O)OC)ccc12. The molecule has 1 heterocycles. The lowest BCUT2D eigenvalue weighted by Crippen LogP contribution is -2.01. The van der Waals surface area contributed by atoms with Crippen LogP contribution in [0.25, 0.3) is 10.9 Å². The highest BCUT2D eigenvalue weighted by Gasteiger charge is 2.14. The summed E-state index contributed by atoms with van der Waals surface area (Å²) in [5, 5.41) is 0.876. The molecule has 2 aromatic rings. The van der Waals surface area contributed by atoms with E-state index in [1.165, 1.54) is 71.3 Å². The lowest BCUT2D eigenvalue weighted by Gasteiger charge is -2.03. The van der Waals surface area contributed by atoms with E-state index in [9.17, 15) is 9.59 Å². The average Bonchev–Trinajstić information content (AvgIpc) is 3.17. The van der Waals surface area contributed by atoms with E-state index in [0.29, 0.717) is 12.0 Å². The first-order chi connectivity index (χ1) is 14.2. The molecule has 29 heavy (non-hydrogen) atoms. The molecule has 0 spiro atoms. The molecule has 0 atom stereocenters. The number of aromatic nitrogens is 1. The van der Waals surface area contributed by atoms with Crippen LogP contribution in [0.15, 0.2) is 24.4 Å². The van der Waals surface area contributed by atoms with Crippen molar-refractivity contribution in [3.05, 3.63) is 35.5 Å². The lowest BCUT2D eigenvalue weighted by atomic mass is 10.0. The number of fused-ring (bicyclic) bond motifs is 1. The van der Waals surface area contributed by atoms with Gasteiger partial charge in [-0.2, -0.15) is 0 Å². The maximum absolute atomic E-state index is 12.6. The minimum atomic E-state index is -0.370. The maximum atomic E-state index is 12.6. The number of nitrogens with one attached hydrogen (secondary N) is 1. The zero-order chi connectivity index (χ0) is 20.9. The van der Waals surface area contributed by atoms with Gasteiger partial charge in [0.1, 0.15) is 0 Å². The molecular weight excluding hydrogens is 362 g/mol. The molecule has 0 unspecified atom stereocenters. The molecular formula is C25H37NO3. The predicted molar refractivity (Wildman–Crippen MR) is 120 cm³/mol. The number of methoxy groups -OCH3 is 1. The summed E-state index contributed by atoms with van der Waals surface area (Å²) in [5.74, 6) is -0.194. The lowest BCUT2D eigenvalue weighted by molar-refractivity contribution is 0.0600. The Morgan fingerprint density at radius 1 is 0.862 bits per heavy atom. The standard InChI is InChI=1S/C25H37NO3/c1-3-4-5-6-7-8-9-10-11-12-13-14-15-24(27)22-19-26-23-18-20(25(28)29-2)16-17-21(22)23/h16-19,26H,3-15H2,1-2H3. The van der Waals surface area contributed by atoms with E-state index in [1.54, 1.807) is 18.3 Å². The Morgan fingerprint density at radius 2 is 1.45 bits per heavy atom. The fourth-order valence-corrected chi connectivity index (χ4v) is 3.86. The second kappa shape index (κ2) is 13.2. The molecule has 0 bridgehead atoms. The number of aromatic amines is 1. The van der Waals surface area contributed by atoms with Crippen LogP contribution in [0.2, 0.25) is 0 Å². The van der Waals surface area contributed by atoms with E-state index in [1.807, 2.05) is 6.07 Å². The summed E-state index contributed by atoms with van der Waals surface area (Å²) in [7, 11) is 1.37. The molecule has 0 fully saturated rings. The number of carbonyl (C=O) groups excluding carboxylic acids is 2. The zero-order valence-electron chi connectivity index (χ0n) is 18.2. The third-order valence-electron chi connectivity index (χ3n) is 5.66. The van der Waals surface area contributed by atoms with E-state index >= 15 is 0 Å². The van der Waals surface area contributed by atoms with Crippen molar-refractivity contribution in [1.82, 2.24) is 4.98 Å². The highest BCUT2D eigenvalue weighted by molar-refractivity contribution is 6.08.